The Morgan fingerprint density at radius 3 is 2.85 bits per heavy atom. The van der Waals surface area contributed by atoms with Gasteiger partial charge in [-0.1, -0.05) is 11.6 Å². The maximum Gasteiger partial charge on any atom is 0.248 e. The molecule has 10 heteroatoms. The van der Waals surface area contributed by atoms with E-state index in [1.165, 1.54) is 25.6 Å². The van der Waals surface area contributed by atoms with Crippen LogP contribution in [-0.4, -0.2) is 60.8 Å². The number of fused-ring (bicyclic) bond motifs is 1. The van der Waals surface area contributed by atoms with Crippen LogP contribution in [0.5, 0.6) is 11.5 Å². The quantitative estimate of drug-likeness (QED) is 0.549. The molecular weight excluding hydrogens is 451 g/mol. The zero-order valence-corrected chi connectivity index (χ0v) is 19.1. The van der Waals surface area contributed by atoms with E-state index in [9.17, 15) is 9.18 Å². The first-order valence-electron chi connectivity index (χ1n) is 10.5. The lowest BCUT2D eigenvalue weighted by Crippen LogP contribution is -2.45. The molecular formula is C23H24ClFN4O4. The minimum absolute atomic E-state index is 0.00826. The van der Waals surface area contributed by atoms with Crippen LogP contribution in [0.2, 0.25) is 5.02 Å². The smallest absolute Gasteiger partial charge is 0.248 e. The number of nitrogens with one attached hydrogen (secondary N) is 1. The SMILES string of the molecule is COCC(=O)N1CCCC(Oc2cc3c(Nc4ccc(F)c(Cl)c4)ncnc3cc2OC)C1. The number of piperidine rings is 1. The normalized spacial score (nSPS) is 16.0. The van der Waals surface area contributed by atoms with Gasteiger partial charge in [-0.25, -0.2) is 14.4 Å². The van der Waals surface area contributed by atoms with Crippen molar-refractivity contribution in [3.63, 3.8) is 0 Å². The Morgan fingerprint density at radius 1 is 1.24 bits per heavy atom. The van der Waals surface area contributed by atoms with E-state index in [1.54, 1.807) is 30.2 Å². The number of methoxy groups -OCH3 is 2. The molecule has 1 aromatic heterocycles. The summed E-state index contributed by atoms with van der Waals surface area (Å²) in [5.41, 5.74) is 1.23. The zero-order chi connectivity index (χ0) is 23.4. The maximum absolute atomic E-state index is 13.5. The van der Waals surface area contributed by atoms with Gasteiger partial charge in [0, 0.05) is 30.8 Å². The van der Waals surface area contributed by atoms with Crippen LogP contribution in [-0.2, 0) is 9.53 Å². The lowest BCUT2D eigenvalue weighted by Gasteiger charge is -2.33. The summed E-state index contributed by atoms with van der Waals surface area (Å²) in [6.07, 6.45) is 2.87. The first-order chi connectivity index (χ1) is 16.0. The van der Waals surface area contributed by atoms with Crippen molar-refractivity contribution in [3.05, 3.63) is 47.5 Å². The highest BCUT2D eigenvalue weighted by atomic mass is 35.5. The van der Waals surface area contributed by atoms with Crippen molar-refractivity contribution in [1.82, 2.24) is 14.9 Å². The predicted molar refractivity (Wildman–Crippen MR) is 123 cm³/mol. The highest BCUT2D eigenvalue weighted by Gasteiger charge is 2.26. The average molecular weight is 475 g/mol. The molecule has 3 aromatic rings. The van der Waals surface area contributed by atoms with Crippen molar-refractivity contribution in [2.45, 2.75) is 18.9 Å². The van der Waals surface area contributed by atoms with Crippen LogP contribution >= 0.6 is 11.6 Å². The Balaban J connectivity index is 1.62. The molecule has 1 fully saturated rings. The van der Waals surface area contributed by atoms with Crippen molar-refractivity contribution in [3.8, 4) is 11.5 Å². The topological polar surface area (TPSA) is 85.8 Å². The molecule has 174 valence electrons. The molecule has 1 aliphatic heterocycles. The van der Waals surface area contributed by atoms with Crippen LogP contribution in [0.1, 0.15) is 12.8 Å². The number of aromatic nitrogens is 2. The van der Waals surface area contributed by atoms with Gasteiger partial charge >= 0.3 is 0 Å². The minimum Gasteiger partial charge on any atom is -0.493 e. The Kier molecular flexibility index (Phi) is 7.10. The van der Waals surface area contributed by atoms with Crippen LogP contribution in [0.15, 0.2) is 36.7 Å². The number of ether oxygens (including phenoxy) is 3. The average Bonchev–Trinajstić information content (AvgIpc) is 2.82. The molecule has 0 aliphatic carbocycles. The summed E-state index contributed by atoms with van der Waals surface area (Å²) in [6.45, 7) is 1.19. The predicted octanol–water partition coefficient (Wildman–Crippen LogP) is 4.19. The summed E-state index contributed by atoms with van der Waals surface area (Å²) in [5.74, 6) is 0.994. The molecule has 2 aromatic carbocycles. The fourth-order valence-electron chi connectivity index (χ4n) is 3.78. The van der Waals surface area contributed by atoms with E-state index in [-0.39, 0.29) is 23.6 Å². The van der Waals surface area contributed by atoms with Crippen molar-refractivity contribution in [2.75, 3.05) is 39.2 Å². The molecule has 1 unspecified atom stereocenters. The second-order valence-electron chi connectivity index (χ2n) is 7.65. The minimum atomic E-state index is -0.499. The third-order valence-corrected chi connectivity index (χ3v) is 5.69. The number of amides is 1. The third kappa shape index (κ3) is 5.26. The van der Waals surface area contributed by atoms with Gasteiger partial charge in [0.15, 0.2) is 11.5 Å². The molecule has 0 bridgehead atoms. The number of carbonyl (C=O) groups is 1. The van der Waals surface area contributed by atoms with Gasteiger partial charge in [0.2, 0.25) is 5.91 Å². The lowest BCUT2D eigenvalue weighted by molar-refractivity contribution is -0.137. The molecule has 1 aliphatic rings. The standard InChI is InChI=1S/C23H24ClFN4O4/c1-31-12-22(30)29-7-3-4-15(11-29)33-21-9-16-19(10-20(21)32-2)26-13-27-23(16)28-14-5-6-18(25)17(24)8-14/h5-6,8-10,13,15H,3-4,7,11-12H2,1-2H3,(H,26,27,28). The van der Waals surface area contributed by atoms with Crippen molar-refractivity contribution >= 4 is 39.9 Å². The number of likely N-dealkylation sites (tertiary alicyclic amines) is 1. The van der Waals surface area contributed by atoms with Crippen molar-refractivity contribution in [1.29, 1.82) is 0 Å². The Bertz CT molecular complexity index is 1160. The summed E-state index contributed by atoms with van der Waals surface area (Å²) >= 11 is 5.91. The highest BCUT2D eigenvalue weighted by Crippen LogP contribution is 2.36. The fourth-order valence-corrected chi connectivity index (χ4v) is 3.96. The van der Waals surface area contributed by atoms with E-state index < -0.39 is 5.82 Å². The molecule has 1 amide bonds. The van der Waals surface area contributed by atoms with Crippen LogP contribution in [0, 0.1) is 5.82 Å². The molecule has 0 saturated carbocycles. The van der Waals surface area contributed by atoms with E-state index in [4.69, 9.17) is 25.8 Å². The molecule has 1 atom stereocenters. The molecule has 33 heavy (non-hydrogen) atoms. The van der Waals surface area contributed by atoms with Crippen LogP contribution in [0.3, 0.4) is 0 Å². The van der Waals surface area contributed by atoms with Gasteiger partial charge in [-0.05, 0) is 37.1 Å². The van der Waals surface area contributed by atoms with Crippen LogP contribution in [0.25, 0.3) is 10.9 Å². The second-order valence-corrected chi connectivity index (χ2v) is 8.06. The summed E-state index contributed by atoms with van der Waals surface area (Å²) in [7, 11) is 3.06. The van der Waals surface area contributed by atoms with Gasteiger partial charge < -0.3 is 24.4 Å². The monoisotopic (exact) mass is 474 g/mol. The van der Waals surface area contributed by atoms with Gasteiger partial charge in [0.05, 0.1) is 24.2 Å². The van der Waals surface area contributed by atoms with Crippen molar-refractivity contribution < 1.29 is 23.4 Å². The Morgan fingerprint density at radius 2 is 2.09 bits per heavy atom. The largest absolute Gasteiger partial charge is 0.493 e. The van der Waals surface area contributed by atoms with Gasteiger partial charge in [-0.2, -0.15) is 0 Å². The number of halogens is 2. The van der Waals surface area contributed by atoms with Gasteiger partial charge in [-0.15, -0.1) is 0 Å². The summed E-state index contributed by atoms with van der Waals surface area (Å²) in [6, 6.07) is 7.91. The summed E-state index contributed by atoms with van der Waals surface area (Å²) < 4.78 is 30.3. The van der Waals surface area contributed by atoms with E-state index in [1.807, 2.05) is 0 Å². The van der Waals surface area contributed by atoms with Gasteiger partial charge in [-0.3, -0.25) is 4.79 Å². The van der Waals surface area contributed by atoms with Gasteiger partial charge in [0.25, 0.3) is 0 Å². The van der Waals surface area contributed by atoms with Crippen LogP contribution in [0.4, 0.5) is 15.9 Å². The maximum atomic E-state index is 13.5. The molecule has 4 rings (SSSR count). The number of benzene rings is 2. The number of hydrogen-bond donors (Lipinski definition) is 1. The fraction of sp³-hybridized carbons (Fsp3) is 0.348. The van der Waals surface area contributed by atoms with E-state index in [2.05, 4.69) is 15.3 Å². The Hall–Kier alpha value is -3.17. The summed E-state index contributed by atoms with van der Waals surface area (Å²) in [4.78, 5) is 22.6. The number of nitrogens with zero attached hydrogens (tertiary/aromatic N) is 3. The third-order valence-electron chi connectivity index (χ3n) is 5.40. The number of anilines is 2. The molecule has 0 spiro atoms. The molecule has 2 heterocycles. The Labute approximate surface area is 195 Å². The van der Waals surface area contributed by atoms with E-state index in [0.29, 0.717) is 47.0 Å². The molecule has 1 saturated heterocycles. The van der Waals surface area contributed by atoms with Crippen molar-refractivity contribution in [2.24, 2.45) is 0 Å². The molecule has 8 nitrogen and oxygen atoms in total. The highest BCUT2D eigenvalue weighted by molar-refractivity contribution is 6.31. The first kappa shape index (κ1) is 23.0. The number of carbonyl (C=O) groups excluding carboxylic acids is 1. The number of hydrogen-bond acceptors (Lipinski definition) is 7. The summed E-state index contributed by atoms with van der Waals surface area (Å²) in [5, 5.41) is 3.85. The van der Waals surface area contributed by atoms with Gasteiger partial charge in [0.1, 0.15) is 30.7 Å². The molecule has 0 radical (unpaired) electrons. The van der Waals surface area contributed by atoms with E-state index >= 15 is 0 Å². The van der Waals surface area contributed by atoms with E-state index in [0.717, 1.165) is 12.8 Å². The molecule has 1 N–H and O–H groups in total. The second kappa shape index (κ2) is 10.2. The zero-order valence-electron chi connectivity index (χ0n) is 18.3. The van der Waals surface area contributed by atoms with Crippen LogP contribution < -0.4 is 14.8 Å². The first-order valence-corrected chi connectivity index (χ1v) is 10.8. The number of rotatable bonds is 7. The lowest BCUT2D eigenvalue weighted by atomic mass is 10.1.